The van der Waals surface area contributed by atoms with E-state index < -0.39 is 17.7 Å². The number of nitrogens with two attached hydrogens (primary N) is 1. The molecule has 96 valence electrons. The molecule has 1 aromatic carbocycles. The van der Waals surface area contributed by atoms with Crippen LogP contribution >= 0.6 is 43.2 Å². The first-order chi connectivity index (χ1) is 8.41. The highest BCUT2D eigenvalue weighted by Gasteiger charge is 2.20. The van der Waals surface area contributed by atoms with Gasteiger partial charge >= 0.3 is 0 Å². The Kier molecular flexibility index (Phi) is 4.21. The van der Waals surface area contributed by atoms with Crippen molar-refractivity contribution < 1.29 is 8.78 Å². The third kappa shape index (κ3) is 2.52. The number of hydrogen-bond acceptors (Lipinski definition) is 2. The van der Waals surface area contributed by atoms with Gasteiger partial charge in [0, 0.05) is 14.9 Å². The Hall–Kier alpha value is -0.300. The zero-order chi connectivity index (χ0) is 13.4. The summed E-state index contributed by atoms with van der Waals surface area (Å²) in [5.74, 6) is -1.71. The fourth-order valence-corrected chi connectivity index (χ4v) is 3.68. The lowest BCUT2D eigenvalue weighted by molar-refractivity contribution is 0.490. The van der Waals surface area contributed by atoms with E-state index in [1.54, 1.807) is 6.07 Å². The smallest absolute Gasteiger partial charge is 0.164 e. The van der Waals surface area contributed by atoms with Crippen LogP contribution in [0.3, 0.4) is 0 Å². The van der Waals surface area contributed by atoms with E-state index in [1.807, 2.05) is 0 Å². The molecule has 1 heterocycles. The van der Waals surface area contributed by atoms with Crippen molar-refractivity contribution in [1.29, 1.82) is 0 Å². The van der Waals surface area contributed by atoms with Gasteiger partial charge in [0.1, 0.15) is 0 Å². The highest BCUT2D eigenvalue weighted by atomic mass is 79.9. The van der Waals surface area contributed by atoms with Crippen molar-refractivity contribution >= 4 is 43.2 Å². The predicted octanol–water partition coefficient (Wildman–Crippen LogP) is 4.91. The van der Waals surface area contributed by atoms with Gasteiger partial charge in [-0.05, 0) is 50.4 Å². The number of thiophene rings is 1. The summed E-state index contributed by atoms with van der Waals surface area (Å²) >= 11 is 8.08. The van der Waals surface area contributed by atoms with E-state index in [-0.39, 0.29) is 11.1 Å². The van der Waals surface area contributed by atoms with Crippen molar-refractivity contribution in [3.63, 3.8) is 0 Å². The Bertz CT molecular complexity index is 579. The zero-order valence-corrected chi connectivity index (χ0v) is 13.3. The predicted molar refractivity (Wildman–Crippen MR) is 76.8 cm³/mol. The van der Waals surface area contributed by atoms with Crippen molar-refractivity contribution in [2.45, 2.75) is 13.0 Å². The monoisotopic (exact) mass is 395 g/mol. The van der Waals surface area contributed by atoms with Crippen LogP contribution in [-0.2, 0) is 0 Å². The zero-order valence-electron chi connectivity index (χ0n) is 9.31. The summed E-state index contributed by atoms with van der Waals surface area (Å²) in [6, 6.07) is 4.19. The highest BCUT2D eigenvalue weighted by molar-refractivity contribution is 9.13. The van der Waals surface area contributed by atoms with Crippen molar-refractivity contribution in [1.82, 2.24) is 0 Å². The Morgan fingerprint density at radius 3 is 2.44 bits per heavy atom. The fourth-order valence-electron chi connectivity index (χ4n) is 1.57. The third-order valence-electron chi connectivity index (χ3n) is 2.61. The van der Waals surface area contributed by atoms with E-state index in [9.17, 15) is 8.78 Å². The molecule has 2 aromatic rings. The molecule has 0 aliphatic heterocycles. The van der Waals surface area contributed by atoms with E-state index >= 15 is 0 Å². The standard InChI is InChI=1S/C12H9Br2F2NS/c1-5-2-3-6(10(16)9(5)15)11(17)8-4-7(13)12(14)18-8/h2-4,11H,17H2,1H3. The molecule has 6 heteroatoms. The molecule has 1 nitrogen and oxygen atoms in total. The minimum Gasteiger partial charge on any atom is -0.320 e. The molecule has 0 spiro atoms. The molecule has 0 fully saturated rings. The number of rotatable bonds is 2. The van der Waals surface area contributed by atoms with Crippen LogP contribution in [0.1, 0.15) is 22.0 Å². The van der Waals surface area contributed by atoms with Crippen LogP contribution in [0.2, 0.25) is 0 Å². The molecule has 1 unspecified atom stereocenters. The van der Waals surface area contributed by atoms with Crippen LogP contribution in [0.4, 0.5) is 8.78 Å². The van der Waals surface area contributed by atoms with E-state index in [1.165, 1.54) is 30.4 Å². The van der Waals surface area contributed by atoms with Crippen molar-refractivity contribution in [3.05, 3.63) is 54.1 Å². The maximum atomic E-state index is 13.8. The van der Waals surface area contributed by atoms with Crippen LogP contribution in [0.15, 0.2) is 26.5 Å². The number of aryl methyl sites for hydroxylation is 1. The van der Waals surface area contributed by atoms with Gasteiger partial charge in [-0.3, -0.25) is 0 Å². The molecule has 0 aliphatic carbocycles. The van der Waals surface area contributed by atoms with Gasteiger partial charge in [-0.1, -0.05) is 12.1 Å². The lowest BCUT2D eigenvalue weighted by Gasteiger charge is -2.12. The maximum absolute atomic E-state index is 13.8. The van der Waals surface area contributed by atoms with Gasteiger partial charge in [-0.2, -0.15) is 0 Å². The minimum atomic E-state index is -0.872. The summed E-state index contributed by atoms with van der Waals surface area (Å²) in [6.45, 7) is 1.52. The molecule has 2 rings (SSSR count). The topological polar surface area (TPSA) is 26.0 Å². The second-order valence-electron chi connectivity index (χ2n) is 3.85. The van der Waals surface area contributed by atoms with Gasteiger partial charge in [0.15, 0.2) is 11.6 Å². The normalized spacial score (nSPS) is 12.8. The van der Waals surface area contributed by atoms with Crippen LogP contribution in [0.5, 0.6) is 0 Å². The molecule has 1 atom stereocenters. The number of hydrogen-bond donors (Lipinski definition) is 1. The van der Waals surface area contributed by atoms with Gasteiger partial charge in [0.2, 0.25) is 0 Å². The van der Waals surface area contributed by atoms with Crippen LogP contribution in [0, 0.1) is 18.6 Å². The summed E-state index contributed by atoms with van der Waals surface area (Å²) in [5.41, 5.74) is 6.42. The van der Waals surface area contributed by atoms with Crippen molar-refractivity contribution in [3.8, 4) is 0 Å². The largest absolute Gasteiger partial charge is 0.320 e. The Labute approximate surface area is 124 Å². The number of benzene rings is 1. The number of halogens is 4. The highest BCUT2D eigenvalue weighted by Crippen LogP contribution is 2.37. The maximum Gasteiger partial charge on any atom is 0.164 e. The summed E-state index contributed by atoms with van der Waals surface area (Å²) < 4.78 is 29.1. The minimum absolute atomic E-state index is 0.166. The fraction of sp³-hybridized carbons (Fsp3) is 0.167. The molecular formula is C12H9Br2F2NS. The summed E-state index contributed by atoms with van der Waals surface area (Å²) in [4.78, 5) is 0.760. The van der Waals surface area contributed by atoms with Gasteiger partial charge in [0.25, 0.3) is 0 Å². The van der Waals surface area contributed by atoms with E-state index in [0.717, 1.165) is 13.1 Å². The second kappa shape index (κ2) is 5.36. The Morgan fingerprint density at radius 2 is 1.89 bits per heavy atom. The molecular weight excluding hydrogens is 388 g/mol. The molecule has 1 aromatic heterocycles. The molecule has 0 radical (unpaired) electrons. The molecule has 0 amide bonds. The van der Waals surface area contributed by atoms with Gasteiger partial charge < -0.3 is 5.73 Å². The summed E-state index contributed by atoms with van der Waals surface area (Å²) in [5, 5.41) is 0. The van der Waals surface area contributed by atoms with E-state index in [4.69, 9.17) is 5.73 Å². The molecule has 0 saturated heterocycles. The average Bonchev–Trinajstić information content (AvgIpc) is 2.66. The lowest BCUT2D eigenvalue weighted by atomic mass is 10.0. The first-order valence-electron chi connectivity index (χ1n) is 5.06. The van der Waals surface area contributed by atoms with E-state index in [2.05, 4.69) is 31.9 Å². The molecule has 2 N–H and O–H groups in total. The van der Waals surface area contributed by atoms with E-state index in [0.29, 0.717) is 0 Å². The first-order valence-corrected chi connectivity index (χ1v) is 7.47. The third-order valence-corrected chi connectivity index (χ3v) is 5.95. The SMILES string of the molecule is Cc1ccc(C(N)c2cc(Br)c(Br)s2)c(F)c1F. The molecule has 18 heavy (non-hydrogen) atoms. The summed E-state index contributed by atoms with van der Waals surface area (Å²) in [6.07, 6.45) is 0. The van der Waals surface area contributed by atoms with Crippen molar-refractivity contribution in [2.75, 3.05) is 0 Å². The van der Waals surface area contributed by atoms with Crippen LogP contribution in [0.25, 0.3) is 0 Å². The lowest BCUT2D eigenvalue weighted by Crippen LogP contribution is -2.13. The molecule has 0 bridgehead atoms. The molecule has 0 aliphatic rings. The Balaban J connectivity index is 2.46. The van der Waals surface area contributed by atoms with Gasteiger partial charge in [0.05, 0.1) is 9.83 Å². The van der Waals surface area contributed by atoms with Crippen molar-refractivity contribution in [2.24, 2.45) is 5.73 Å². The van der Waals surface area contributed by atoms with Crippen LogP contribution < -0.4 is 5.73 Å². The quantitative estimate of drug-likeness (QED) is 0.766. The first kappa shape index (κ1) is 14.1. The second-order valence-corrected chi connectivity index (χ2v) is 7.10. The molecule has 0 saturated carbocycles. The van der Waals surface area contributed by atoms with Crippen LogP contribution in [-0.4, -0.2) is 0 Å². The summed E-state index contributed by atoms with van der Waals surface area (Å²) in [7, 11) is 0. The van der Waals surface area contributed by atoms with Gasteiger partial charge in [-0.25, -0.2) is 8.78 Å². The average molecular weight is 397 g/mol. The Morgan fingerprint density at radius 1 is 1.22 bits per heavy atom. The van der Waals surface area contributed by atoms with Gasteiger partial charge in [-0.15, -0.1) is 11.3 Å².